The Balaban J connectivity index is 1.83. The van der Waals surface area contributed by atoms with Crippen LogP contribution >= 0.6 is 0 Å². The number of halogens is 2. The monoisotopic (exact) mass is 424 g/mol. The molecule has 0 unspecified atom stereocenters. The lowest BCUT2D eigenvalue weighted by Gasteiger charge is -2.18. The van der Waals surface area contributed by atoms with Gasteiger partial charge in [-0.2, -0.15) is 5.10 Å². The van der Waals surface area contributed by atoms with Crippen molar-refractivity contribution in [1.29, 1.82) is 0 Å². The van der Waals surface area contributed by atoms with E-state index in [2.05, 4.69) is 10.2 Å². The highest BCUT2D eigenvalue weighted by Gasteiger charge is 2.36. The second-order valence-corrected chi connectivity index (χ2v) is 8.60. The molecular formula is C23H22F2N4O2. The number of pyridine rings is 1. The molecule has 1 saturated carbocycles. The number of fused-ring (bicyclic) bond motifs is 2. The summed E-state index contributed by atoms with van der Waals surface area (Å²) < 4.78 is 29.8. The molecule has 1 aliphatic carbocycles. The van der Waals surface area contributed by atoms with Crippen molar-refractivity contribution in [1.82, 2.24) is 19.7 Å². The van der Waals surface area contributed by atoms with E-state index in [1.807, 2.05) is 24.5 Å². The van der Waals surface area contributed by atoms with E-state index < -0.39 is 17.6 Å². The molecule has 0 radical (unpaired) electrons. The maximum absolute atomic E-state index is 14.2. The van der Waals surface area contributed by atoms with E-state index >= 15 is 0 Å². The summed E-state index contributed by atoms with van der Waals surface area (Å²) in [5, 5.41) is 17.3. The molecule has 3 aromatic heterocycles. The highest BCUT2D eigenvalue weighted by atomic mass is 19.2. The van der Waals surface area contributed by atoms with Crippen molar-refractivity contribution in [3.05, 3.63) is 53.4 Å². The summed E-state index contributed by atoms with van der Waals surface area (Å²) in [5.41, 5.74) is 4.62. The number of nitrogens with one attached hydrogen (secondary N) is 1. The molecule has 160 valence electrons. The van der Waals surface area contributed by atoms with Gasteiger partial charge in [0, 0.05) is 28.4 Å². The lowest BCUT2D eigenvalue weighted by atomic mass is 9.91. The molecule has 0 amide bonds. The third-order valence-corrected chi connectivity index (χ3v) is 6.32. The van der Waals surface area contributed by atoms with E-state index in [1.54, 1.807) is 12.3 Å². The van der Waals surface area contributed by atoms with Gasteiger partial charge in [0.15, 0.2) is 17.3 Å². The smallest absolute Gasteiger partial charge is 0.306 e. The van der Waals surface area contributed by atoms with Gasteiger partial charge in [-0.25, -0.2) is 13.8 Å². The van der Waals surface area contributed by atoms with Crippen LogP contribution < -0.4 is 0 Å². The van der Waals surface area contributed by atoms with Gasteiger partial charge < -0.3 is 9.67 Å². The normalized spacial score (nSPS) is 19.1. The predicted octanol–water partition coefficient (Wildman–Crippen LogP) is 5.27. The van der Waals surface area contributed by atoms with Gasteiger partial charge in [0.1, 0.15) is 0 Å². The van der Waals surface area contributed by atoms with Crippen LogP contribution in [0.25, 0.3) is 27.8 Å². The van der Waals surface area contributed by atoms with Crippen LogP contribution in [0.15, 0.2) is 30.5 Å². The number of carboxylic acids is 1. The minimum atomic E-state index is -0.917. The fourth-order valence-electron chi connectivity index (χ4n) is 4.95. The fourth-order valence-corrected chi connectivity index (χ4v) is 4.95. The topological polar surface area (TPSA) is 83.8 Å². The molecule has 1 aliphatic rings. The summed E-state index contributed by atoms with van der Waals surface area (Å²) >= 11 is 0. The number of nitrogens with zero attached hydrogens (tertiary/aromatic N) is 3. The zero-order chi connectivity index (χ0) is 21.9. The number of hydrogen-bond donors (Lipinski definition) is 2. The molecule has 31 heavy (non-hydrogen) atoms. The molecule has 5 rings (SSSR count). The summed E-state index contributed by atoms with van der Waals surface area (Å²) in [4.78, 5) is 16.4. The Morgan fingerprint density at radius 2 is 2.03 bits per heavy atom. The van der Waals surface area contributed by atoms with Crippen molar-refractivity contribution in [3.63, 3.8) is 0 Å². The average molecular weight is 424 g/mol. The Hall–Kier alpha value is -3.29. The minimum Gasteiger partial charge on any atom is -0.481 e. The van der Waals surface area contributed by atoms with Crippen LogP contribution in [-0.2, 0) is 4.79 Å². The average Bonchev–Trinajstić information content (AvgIpc) is 3.44. The number of carbonyl (C=O) groups is 1. The van der Waals surface area contributed by atoms with Crippen molar-refractivity contribution in [2.24, 2.45) is 5.92 Å². The number of hydrogen-bond acceptors (Lipinski definition) is 3. The van der Waals surface area contributed by atoms with E-state index in [0.717, 1.165) is 40.2 Å². The van der Waals surface area contributed by atoms with Crippen LogP contribution in [-0.4, -0.2) is 30.8 Å². The van der Waals surface area contributed by atoms with Gasteiger partial charge in [-0.15, -0.1) is 0 Å². The molecule has 0 spiro atoms. The van der Waals surface area contributed by atoms with Crippen LogP contribution in [0.1, 0.15) is 56.2 Å². The van der Waals surface area contributed by atoms with Crippen LogP contribution in [0.3, 0.4) is 0 Å². The van der Waals surface area contributed by atoms with Gasteiger partial charge >= 0.3 is 5.97 Å². The molecule has 2 N–H and O–H groups in total. The molecule has 8 heteroatoms. The van der Waals surface area contributed by atoms with Gasteiger partial charge in [-0.3, -0.25) is 9.89 Å². The number of aromatic amines is 1. The number of carboxylic acid groups (broad SMARTS) is 1. The van der Waals surface area contributed by atoms with Crippen molar-refractivity contribution in [3.8, 4) is 5.69 Å². The van der Waals surface area contributed by atoms with Crippen LogP contribution in [0.2, 0.25) is 0 Å². The molecule has 0 bridgehead atoms. The standard InChI is InChI=1S/C23H22F2N4O2/c1-11(2)21-19(12-3-4-13(7-12)23(30)31)20-18(8-14-10-26-28-22(14)27-20)29(21)15-5-6-16(24)17(25)9-15/h5-6,8-13H,3-4,7H2,1-2H3,(H,30,31)(H,26,27,28)/t12-,13-/m1/s1. The molecule has 3 heterocycles. The van der Waals surface area contributed by atoms with Crippen molar-refractivity contribution in [2.45, 2.75) is 44.9 Å². The Bertz CT molecular complexity index is 1320. The third kappa shape index (κ3) is 3.08. The zero-order valence-corrected chi connectivity index (χ0v) is 17.2. The second-order valence-electron chi connectivity index (χ2n) is 8.60. The Labute approximate surface area is 176 Å². The van der Waals surface area contributed by atoms with E-state index in [4.69, 9.17) is 4.98 Å². The first kappa shape index (κ1) is 19.7. The van der Waals surface area contributed by atoms with Crippen LogP contribution in [0, 0.1) is 17.6 Å². The highest BCUT2D eigenvalue weighted by Crippen LogP contribution is 2.46. The van der Waals surface area contributed by atoms with E-state index in [-0.39, 0.29) is 17.8 Å². The molecule has 0 saturated heterocycles. The van der Waals surface area contributed by atoms with Crippen LogP contribution in [0.4, 0.5) is 8.78 Å². The van der Waals surface area contributed by atoms with Crippen molar-refractivity contribution < 1.29 is 18.7 Å². The fraction of sp³-hybridized carbons (Fsp3) is 0.348. The number of H-pyrrole nitrogens is 1. The zero-order valence-electron chi connectivity index (χ0n) is 17.2. The summed E-state index contributed by atoms with van der Waals surface area (Å²) in [6.45, 7) is 4.09. The van der Waals surface area contributed by atoms with Crippen molar-refractivity contribution in [2.75, 3.05) is 0 Å². The number of rotatable bonds is 4. The number of benzene rings is 1. The first-order chi connectivity index (χ1) is 14.8. The van der Waals surface area contributed by atoms with Gasteiger partial charge in [0.05, 0.1) is 23.1 Å². The second kappa shape index (κ2) is 7.14. The molecule has 1 aromatic carbocycles. The van der Waals surface area contributed by atoms with Gasteiger partial charge in [-0.1, -0.05) is 13.8 Å². The molecule has 1 fully saturated rings. The highest BCUT2D eigenvalue weighted by molar-refractivity contribution is 5.93. The molecule has 4 aromatic rings. The van der Waals surface area contributed by atoms with Gasteiger partial charge in [-0.05, 0) is 49.3 Å². The Morgan fingerprint density at radius 3 is 2.71 bits per heavy atom. The maximum atomic E-state index is 14.2. The first-order valence-electron chi connectivity index (χ1n) is 10.4. The summed E-state index contributed by atoms with van der Waals surface area (Å²) in [5.74, 6) is -2.90. The maximum Gasteiger partial charge on any atom is 0.306 e. The lowest BCUT2D eigenvalue weighted by molar-refractivity contribution is -0.141. The summed E-state index contributed by atoms with van der Waals surface area (Å²) in [6, 6.07) is 5.82. The van der Waals surface area contributed by atoms with Gasteiger partial charge in [0.25, 0.3) is 0 Å². The molecular weight excluding hydrogens is 402 g/mol. The molecule has 0 aliphatic heterocycles. The Kier molecular flexibility index (Phi) is 4.53. The van der Waals surface area contributed by atoms with E-state index in [1.165, 1.54) is 6.07 Å². The lowest BCUT2D eigenvalue weighted by Crippen LogP contribution is -2.10. The summed E-state index contributed by atoms with van der Waals surface area (Å²) in [6.07, 6.45) is 3.57. The van der Waals surface area contributed by atoms with Gasteiger partial charge in [0.2, 0.25) is 0 Å². The summed E-state index contributed by atoms with van der Waals surface area (Å²) in [7, 11) is 0. The van der Waals surface area contributed by atoms with E-state index in [9.17, 15) is 18.7 Å². The van der Waals surface area contributed by atoms with E-state index in [0.29, 0.717) is 24.2 Å². The largest absolute Gasteiger partial charge is 0.481 e. The minimum absolute atomic E-state index is 0.0282. The Morgan fingerprint density at radius 1 is 1.23 bits per heavy atom. The number of aromatic nitrogens is 4. The van der Waals surface area contributed by atoms with Crippen LogP contribution in [0.5, 0.6) is 0 Å². The number of aliphatic carboxylic acids is 1. The molecule has 6 nitrogen and oxygen atoms in total. The third-order valence-electron chi connectivity index (χ3n) is 6.32. The quantitative estimate of drug-likeness (QED) is 0.467. The molecule has 2 atom stereocenters. The predicted molar refractivity (Wildman–Crippen MR) is 112 cm³/mol. The SMILES string of the molecule is CC(C)c1c([C@@H]2CC[C@@H](C(=O)O)C2)c2nc3[nH]ncc3cc2n1-c1ccc(F)c(F)c1. The first-order valence-corrected chi connectivity index (χ1v) is 10.4. The van der Waals surface area contributed by atoms with Crippen molar-refractivity contribution >= 4 is 28.0 Å².